The fraction of sp³-hybridized carbons (Fsp3) is 0.333. The van der Waals surface area contributed by atoms with Crippen LogP contribution in [0.4, 0.5) is 0 Å². The normalized spacial score (nSPS) is 12.0. The van der Waals surface area contributed by atoms with E-state index in [1.54, 1.807) is 0 Å². The van der Waals surface area contributed by atoms with Crippen LogP contribution < -0.4 is 9.16 Å². The van der Waals surface area contributed by atoms with Crippen LogP contribution in [0.3, 0.4) is 0 Å². The van der Waals surface area contributed by atoms with Gasteiger partial charge < -0.3 is 9.16 Å². The molecular formula is C18H24O2Si. The van der Waals surface area contributed by atoms with Gasteiger partial charge in [0, 0.05) is 0 Å². The fourth-order valence-corrected chi connectivity index (χ4v) is 2.69. The van der Waals surface area contributed by atoms with E-state index in [1.807, 2.05) is 54.6 Å². The molecule has 0 heterocycles. The molecule has 2 aromatic carbocycles. The highest BCUT2D eigenvalue weighted by Crippen LogP contribution is 2.40. The van der Waals surface area contributed by atoms with Crippen molar-refractivity contribution in [2.45, 2.75) is 38.9 Å². The second kappa shape index (κ2) is 5.94. The molecule has 0 aliphatic heterocycles. The van der Waals surface area contributed by atoms with Crippen molar-refractivity contribution in [3.05, 3.63) is 54.6 Å². The van der Waals surface area contributed by atoms with Crippen LogP contribution in [-0.4, -0.2) is 8.32 Å². The van der Waals surface area contributed by atoms with Crippen molar-refractivity contribution in [3.8, 4) is 17.2 Å². The molecule has 0 bridgehead atoms. The molecular weight excluding hydrogens is 276 g/mol. The van der Waals surface area contributed by atoms with Crippen LogP contribution in [0, 0.1) is 0 Å². The highest BCUT2D eigenvalue weighted by atomic mass is 28.4. The largest absolute Gasteiger partial charge is 0.541 e. The fourth-order valence-electron chi connectivity index (χ4n) is 1.66. The molecule has 0 aliphatic rings. The van der Waals surface area contributed by atoms with E-state index in [0.717, 1.165) is 17.2 Å². The Morgan fingerprint density at radius 3 is 1.86 bits per heavy atom. The quantitative estimate of drug-likeness (QED) is 0.658. The Hall–Kier alpha value is -1.74. The molecule has 112 valence electrons. The van der Waals surface area contributed by atoms with Crippen LogP contribution in [0.5, 0.6) is 17.2 Å². The molecule has 0 aliphatic carbocycles. The van der Waals surface area contributed by atoms with E-state index < -0.39 is 8.32 Å². The van der Waals surface area contributed by atoms with Gasteiger partial charge in [0.2, 0.25) is 0 Å². The number of hydrogen-bond acceptors (Lipinski definition) is 2. The minimum Gasteiger partial charge on any atom is -0.541 e. The van der Waals surface area contributed by atoms with E-state index in [1.165, 1.54) is 0 Å². The van der Waals surface area contributed by atoms with Crippen LogP contribution in [0.25, 0.3) is 0 Å². The summed E-state index contributed by atoms with van der Waals surface area (Å²) in [5.74, 6) is 2.42. The van der Waals surface area contributed by atoms with E-state index in [9.17, 15) is 0 Å². The summed E-state index contributed by atoms with van der Waals surface area (Å²) < 4.78 is 12.3. The summed E-state index contributed by atoms with van der Waals surface area (Å²) in [6.45, 7) is 11.2. The van der Waals surface area contributed by atoms with Gasteiger partial charge in [0.15, 0.2) is 5.75 Å². The van der Waals surface area contributed by atoms with Gasteiger partial charge in [-0.1, -0.05) is 51.1 Å². The first kappa shape index (κ1) is 15.6. The summed E-state index contributed by atoms with van der Waals surface area (Å²) in [7, 11) is -1.87. The molecule has 0 unspecified atom stereocenters. The van der Waals surface area contributed by atoms with Gasteiger partial charge >= 0.3 is 0 Å². The predicted octanol–water partition coefficient (Wildman–Crippen LogP) is 5.86. The molecule has 0 spiro atoms. The molecule has 0 N–H and O–H groups in total. The van der Waals surface area contributed by atoms with Gasteiger partial charge in [-0.25, -0.2) is 0 Å². The first-order valence-electron chi connectivity index (χ1n) is 7.30. The van der Waals surface area contributed by atoms with Crippen LogP contribution in [0.1, 0.15) is 20.8 Å². The van der Waals surface area contributed by atoms with Crippen molar-refractivity contribution in [1.82, 2.24) is 0 Å². The van der Waals surface area contributed by atoms with Gasteiger partial charge in [-0.2, -0.15) is 0 Å². The lowest BCUT2D eigenvalue weighted by Crippen LogP contribution is -2.43. The third kappa shape index (κ3) is 3.88. The van der Waals surface area contributed by atoms with E-state index in [0.29, 0.717) is 0 Å². The van der Waals surface area contributed by atoms with Crippen molar-refractivity contribution in [2.75, 3.05) is 0 Å². The zero-order chi connectivity index (χ0) is 15.5. The van der Waals surface area contributed by atoms with E-state index in [4.69, 9.17) is 9.16 Å². The van der Waals surface area contributed by atoms with Crippen LogP contribution in [-0.2, 0) is 0 Å². The summed E-state index contributed by atoms with van der Waals surface area (Å²) >= 11 is 0. The lowest BCUT2D eigenvalue weighted by Gasteiger charge is -2.36. The highest BCUT2D eigenvalue weighted by Gasteiger charge is 2.39. The zero-order valence-corrected chi connectivity index (χ0v) is 14.5. The molecule has 0 saturated carbocycles. The van der Waals surface area contributed by atoms with Crippen molar-refractivity contribution < 1.29 is 9.16 Å². The van der Waals surface area contributed by atoms with Crippen LogP contribution in [0.2, 0.25) is 18.1 Å². The standard InChI is InChI=1S/C18H24O2Si/c1-18(2,3)21(4,5)20-17-14-10-9-13-16(17)19-15-11-7-6-8-12-15/h6-14H,1-5H3. The number of benzene rings is 2. The Kier molecular flexibility index (Phi) is 4.42. The van der Waals surface area contributed by atoms with Gasteiger partial charge in [0.25, 0.3) is 8.32 Å². The Labute approximate surface area is 128 Å². The monoisotopic (exact) mass is 300 g/mol. The van der Waals surface area contributed by atoms with Crippen LogP contribution >= 0.6 is 0 Å². The maximum Gasteiger partial charge on any atom is 0.250 e. The summed E-state index contributed by atoms with van der Waals surface area (Å²) in [4.78, 5) is 0. The molecule has 0 aromatic heterocycles. The number of hydrogen-bond donors (Lipinski definition) is 0. The first-order valence-corrected chi connectivity index (χ1v) is 10.2. The summed E-state index contributed by atoms with van der Waals surface area (Å²) in [6, 6.07) is 17.7. The zero-order valence-electron chi connectivity index (χ0n) is 13.5. The molecule has 3 heteroatoms. The molecule has 2 rings (SSSR count). The smallest absolute Gasteiger partial charge is 0.250 e. The predicted molar refractivity (Wildman–Crippen MR) is 90.8 cm³/mol. The maximum absolute atomic E-state index is 6.38. The molecule has 0 amide bonds. The van der Waals surface area contributed by atoms with Crippen molar-refractivity contribution >= 4 is 8.32 Å². The van der Waals surface area contributed by atoms with E-state index in [-0.39, 0.29) is 5.04 Å². The molecule has 0 saturated heterocycles. The molecule has 2 nitrogen and oxygen atoms in total. The van der Waals surface area contributed by atoms with E-state index >= 15 is 0 Å². The average Bonchev–Trinajstić information content (AvgIpc) is 2.40. The van der Waals surface area contributed by atoms with Crippen molar-refractivity contribution in [3.63, 3.8) is 0 Å². The molecule has 2 aromatic rings. The minimum atomic E-state index is -1.87. The lowest BCUT2D eigenvalue weighted by molar-refractivity contribution is 0.429. The summed E-state index contributed by atoms with van der Waals surface area (Å²) in [5.41, 5.74) is 0. The van der Waals surface area contributed by atoms with Crippen molar-refractivity contribution in [1.29, 1.82) is 0 Å². The Morgan fingerprint density at radius 2 is 1.29 bits per heavy atom. The second-order valence-corrected chi connectivity index (χ2v) is 11.4. The molecule has 21 heavy (non-hydrogen) atoms. The number of rotatable bonds is 4. The topological polar surface area (TPSA) is 18.5 Å². The van der Waals surface area contributed by atoms with Gasteiger partial charge in [0.05, 0.1) is 0 Å². The first-order chi connectivity index (χ1) is 9.79. The SMILES string of the molecule is CC(C)(C)[Si](C)(C)Oc1ccccc1Oc1ccccc1. The van der Waals surface area contributed by atoms with Gasteiger partial charge in [-0.15, -0.1) is 0 Å². The summed E-state index contributed by atoms with van der Waals surface area (Å²) in [5, 5.41) is 0.160. The van der Waals surface area contributed by atoms with Crippen LogP contribution in [0.15, 0.2) is 54.6 Å². The minimum absolute atomic E-state index is 0.160. The highest BCUT2D eigenvalue weighted by molar-refractivity contribution is 6.74. The van der Waals surface area contributed by atoms with Gasteiger partial charge in [-0.05, 0) is 42.4 Å². The molecule has 0 atom stereocenters. The molecule has 0 radical (unpaired) electrons. The van der Waals surface area contributed by atoms with E-state index in [2.05, 4.69) is 33.9 Å². The number of para-hydroxylation sites is 3. The maximum atomic E-state index is 6.38. The Morgan fingerprint density at radius 1 is 0.762 bits per heavy atom. The second-order valence-electron chi connectivity index (χ2n) is 6.72. The third-order valence-corrected chi connectivity index (χ3v) is 8.33. The average molecular weight is 300 g/mol. The molecule has 0 fully saturated rings. The van der Waals surface area contributed by atoms with Gasteiger partial charge in [-0.3, -0.25) is 0 Å². The lowest BCUT2D eigenvalue weighted by atomic mass is 10.2. The summed E-state index contributed by atoms with van der Waals surface area (Å²) in [6.07, 6.45) is 0. The van der Waals surface area contributed by atoms with Gasteiger partial charge in [0.1, 0.15) is 11.5 Å². The van der Waals surface area contributed by atoms with Crippen molar-refractivity contribution in [2.24, 2.45) is 0 Å². The Bertz CT molecular complexity index is 586. The Balaban J connectivity index is 2.26. The third-order valence-electron chi connectivity index (χ3n) is 3.99. The number of ether oxygens (including phenoxy) is 1.